The van der Waals surface area contributed by atoms with Crippen molar-refractivity contribution in [2.75, 3.05) is 5.75 Å². The first-order valence-corrected chi connectivity index (χ1v) is 7.43. The third-order valence-corrected chi connectivity index (χ3v) is 4.86. The van der Waals surface area contributed by atoms with Gasteiger partial charge in [-0.05, 0) is 30.7 Å². The lowest BCUT2D eigenvalue weighted by atomic mass is 10.2. The summed E-state index contributed by atoms with van der Waals surface area (Å²) in [6, 6.07) is 4.19. The summed E-state index contributed by atoms with van der Waals surface area (Å²) in [6.45, 7) is 0. The van der Waals surface area contributed by atoms with Crippen molar-refractivity contribution in [2.24, 2.45) is 0 Å². The fourth-order valence-corrected chi connectivity index (χ4v) is 3.84. The highest BCUT2D eigenvalue weighted by Gasteiger charge is 2.20. The van der Waals surface area contributed by atoms with E-state index in [4.69, 9.17) is 0 Å². The van der Waals surface area contributed by atoms with Crippen molar-refractivity contribution in [1.29, 1.82) is 0 Å². The number of pyridine rings is 1. The Kier molecular flexibility index (Phi) is 2.94. The molecule has 0 spiro atoms. The molecular weight excluding hydrogens is 284 g/mol. The topological polar surface area (TPSA) is 17.3 Å². The van der Waals surface area contributed by atoms with Crippen LogP contribution in [-0.4, -0.2) is 15.1 Å². The van der Waals surface area contributed by atoms with Crippen LogP contribution in [0.25, 0.3) is 5.52 Å². The smallest absolute Gasteiger partial charge is 0.126 e. The van der Waals surface area contributed by atoms with Gasteiger partial charge in [0.1, 0.15) is 5.82 Å². The summed E-state index contributed by atoms with van der Waals surface area (Å²) in [5, 5.41) is 0.581. The molecule has 2 aromatic heterocycles. The van der Waals surface area contributed by atoms with E-state index in [1.807, 2.05) is 18.0 Å². The van der Waals surface area contributed by atoms with Gasteiger partial charge >= 0.3 is 0 Å². The van der Waals surface area contributed by atoms with E-state index >= 15 is 0 Å². The van der Waals surface area contributed by atoms with Gasteiger partial charge in [0.15, 0.2) is 0 Å². The molecule has 0 bridgehead atoms. The Bertz CT molecular complexity index is 503. The van der Waals surface area contributed by atoms with Crippen molar-refractivity contribution >= 4 is 33.2 Å². The molecule has 2 aromatic rings. The van der Waals surface area contributed by atoms with E-state index < -0.39 is 0 Å². The van der Waals surface area contributed by atoms with Crippen molar-refractivity contribution in [3.63, 3.8) is 0 Å². The maximum atomic E-state index is 4.58. The van der Waals surface area contributed by atoms with Crippen LogP contribution in [0.15, 0.2) is 29.0 Å². The fraction of sp³-hybridized carbons (Fsp3) is 0.417. The first-order valence-electron chi connectivity index (χ1n) is 5.59. The minimum absolute atomic E-state index is 0.581. The molecule has 84 valence electrons. The van der Waals surface area contributed by atoms with Crippen LogP contribution in [0.4, 0.5) is 0 Å². The van der Waals surface area contributed by atoms with Crippen LogP contribution >= 0.6 is 27.7 Å². The van der Waals surface area contributed by atoms with E-state index in [9.17, 15) is 0 Å². The molecule has 1 saturated heterocycles. The van der Waals surface area contributed by atoms with Crippen molar-refractivity contribution in [1.82, 2.24) is 9.38 Å². The van der Waals surface area contributed by atoms with Gasteiger partial charge in [-0.2, -0.15) is 11.8 Å². The van der Waals surface area contributed by atoms with Crippen LogP contribution in [0.5, 0.6) is 0 Å². The summed E-state index contributed by atoms with van der Waals surface area (Å²) in [5.74, 6) is 2.49. The molecule has 1 aliphatic rings. The lowest BCUT2D eigenvalue weighted by molar-refractivity contribution is 0.660. The lowest BCUT2D eigenvalue weighted by Gasteiger charge is -2.20. The van der Waals surface area contributed by atoms with Crippen molar-refractivity contribution < 1.29 is 0 Å². The molecule has 2 nitrogen and oxygen atoms in total. The van der Waals surface area contributed by atoms with Crippen molar-refractivity contribution in [3.8, 4) is 0 Å². The molecule has 16 heavy (non-hydrogen) atoms. The van der Waals surface area contributed by atoms with Crippen molar-refractivity contribution in [3.05, 3.63) is 34.8 Å². The fourth-order valence-electron chi connectivity index (χ4n) is 2.18. The molecule has 0 aromatic carbocycles. The van der Waals surface area contributed by atoms with Gasteiger partial charge in [-0.25, -0.2) is 4.98 Å². The Labute approximate surface area is 108 Å². The zero-order valence-electron chi connectivity index (χ0n) is 8.90. The molecule has 0 aliphatic carbocycles. The summed E-state index contributed by atoms with van der Waals surface area (Å²) >= 11 is 5.54. The van der Waals surface area contributed by atoms with Gasteiger partial charge in [0, 0.05) is 10.7 Å². The van der Waals surface area contributed by atoms with E-state index in [0.717, 1.165) is 4.47 Å². The molecule has 0 amide bonds. The number of rotatable bonds is 1. The van der Waals surface area contributed by atoms with E-state index in [1.165, 1.54) is 36.4 Å². The van der Waals surface area contributed by atoms with Gasteiger partial charge in [0.05, 0.1) is 17.0 Å². The number of nitrogens with zero attached hydrogens (tertiary/aromatic N) is 2. The molecule has 1 aliphatic heterocycles. The van der Waals surface area contributed by atoms with Crippen LogP contribution in [0.3, 0.4) is 0 Å². The Morgan fingerprint density at radius 3 is 3.19 bits per heavy atom. The Morgan fingerprint density at radius 1 is 1.44 bits per heavy atom. The molecular formula is C12H13BrN2S. The predicted molar refractivity (Wildman–Crippen MR) is 71.9 cm³/mol. The van der Waals surface area contributed by atoms with Crippen LogP contribution < -0.4 is 0 Å². The van der Waals surface area contributed by atoms with Crippen LogP contribution in [-0.2, 0) is 0 Å². The highest BCUT2D eigenvalue weighted by atomic mass is 79.9. The zero-order chi connectivity index (χ0) is 11.0. The summed E-state index contributed by atoms with van der Waals surface area (Å²) in [5.41, 5.74) is 1.18. The normalized spacial score (nSPS) is 21.4. The summed E-state index contributed by atoms with van der Waals surface area (Å²) in [6.07, 6.45) is 8.03. The van der Waals surface area contributed by atoms with Crippen LogP contribution in [0.2, 0.25) is 0 Å². The summed E-state index contributed by atoms with van der Waals surface area (Å²) < 4.78 is 3.33. The highest BCUT2D eigenvalue weighted by Crippen LogP contribution is 2.37. The Balaban J connectivity index is 2.03. The molecule has 0 saturated carbocycles. The molecule has 0 N–H and O–H groups in total. The molecule has 3 heterocycles. The maximum absolute atomic E-state index is 4.58. The lowest BCUT2D eigenvalue weighted by Crippen LogP contribution is -2.06. The Hall–Kier alpha value is -0.480. The number of thioether (sulfide) groups is 1. The van der Waals surface area contributed by atoms with E-state index in [1.54, 1.807) is 0 Å². The monoisotopic (exact) mass is 296 g/mol. The van der Waals surface area contributed by atoms with Gasteiger partial charge in [-0.3, -0.25) is 0 Å². The van der Waals surface area contributed by atoms with Crippen LogP contribution in [0.1, 0.15) is 30.3 Å². The second kappa shape index (κ2) is 4.41. The second-order valence-electron chi connectivity index (χ2n) is 4.11. The average molecular weight is 297 g/mol. The molecule has 1 unspecified atom stereocenters. The van der Waals surface area contributed by atoms with Gasteiger partial charge in [0.2, 0.25) is 0 Å². The summed E-state index contributed by atoms with van der Waals surface area (Å²) in [4.78, 5) is 4.58. The minimum Gasteiger partial charge on any atom is -0.303 e. The van der Waals surface area contributed by atoms with Crippen LogP contribution in [0, 0.1) is 0 Å². The van der Waals surface area contributed by atoms with Gasteiger partial charge in [0.25, 0.3) is 0 Å². The van der Waals surface area contributed by atoms with E-state index in [0.29, 0.717) is 5.25 Å². The number of aromatic nitrogens is 2. The SMILES string of the molecule is Brc1ccn2c(C3CCCCS3)ncc2c1. The first kappa shape index (κ1) is 10.7. The number of hydrogen-bond donors (Lipinski definition) is 0. The number of hydrogen-bond acceptors (Lipinski definition) is 2. The Morgan fingerprint density at radius 2 is 2.38 bits per heavy atom. The molecule has 1 fully saturated rings. The summed E-state index contributed by atoms with van der Waals surface area (Å²) in [7, 11) is 0. The highest BCUT2D eigenvalue weighted by molar-refractivity contribution is 9.10. The predicted octanol–water partition coefficient (Wildman–Crippen LogP) is 4.06. The van der Waals surface area contributed by atoms with Gasteiger partial charge in [-0.15, -0.1) is 0 Å². The molecule has 4 heteroatoms. The first-order chi connectivity index (χ1) is 7.84. The number of halogens is 1. The molecule has 1 atom stereocenters. The third-order valence-electron chi connectivity index (χ3n) is 2.99. The van der Waals surface area contributed by atoms with Crippen molar-refractivity contribution in [2.45, 2.75) is 24.5 Å². The number of fused-ring (bicyclic) bond motifs is 1. The number of imidazole rings is 1. The third kappa shape index (κ3) is 1.89. The zero-order valence-corrected chi connectivity index (χ0v) is 11.3. The second-order valence-corrected chi connectivity index (χ2v) is 6.34. The molecule has 3 rings (SSSR count). The average Bonchev–Trinajstić information content (AvgIpc) is 2.73. The van der Waals surface area contributed by atoms with E-state index in [2.05, 4.69) is 43.6 Å². The quantitative estimate of drug-likeness (QED) is 0.790. The molecule has 0 radical (unpaired) electrons. The minimum atomic E-state index is 0.581. The van der Waals surface area contributed by atoms with Gasteiger partial charge in [-0.1, -0.05) is 22.4 Å². The van der Waals surface area contributed by atoms with Gasteiger partial charge < -0.3 is 4.40 Å². The largest absolute Gasteiger partial charge is 0.303 e. The van der Waals surface area contributed by atoms with E-state index in [-0.39, 0.29) is 0 Å². The maximum Gasteiger partial charge on any atom is 0.126 e. The standard InChI is InChI=1S/C12H13BrN2S/c13-9-4-5-15-10(7-9)8-14-12(15)11-3-1-2-6-16-11/h4-5,7-8,11H,1-3,6H2.